The fraction of sp³-hybridized carbons (Fsp3) is 0.360. The van der Waals surface area contributed by atoms with Crippen molar-refractivity contribution in [3.05, 3.63) is 64.5 Å². The van der Waals surface area contributed by atoms with E-state index in [0.717, 1.165) is 5.56 Å². The normalized spacial score (nSPS) is 20.5. The minimum atomic E-state index is -0.752. The summed E-state index contributed by atoms with van der Waals surface area (Å²) in [7, 11) is 0. The number of fused-ring (bicyclic) bond motifs is 1. The zero-order valence-corrected chi connectivity index (χ0v) is 18.8. The molecule has 0 aromatic heterocycles. The first-order chi connectivity index (χ1) is 16.3. The Labute approximate surface area is 196 Å². The Bertz CT molecular complexity index is 1190. The number of imide groups is 1. The fourth-order valence-corrected chi connectivity index (χ4v) is 4.92. The van der Waals surface area contributed by atoms with Gasteiger partial charge in [0.05, 0.1) is 0 Å². The number of hydrogen-bond acceptors (Lipinski definition) is 5. The highest BCUT2D eigenvalue weighted by molar-refractivity contribution is 6.06. The first kappa shape index (κ1) is 22.1. The van der Waals surface area contributed by atoms with E-state index < -0.39 is 23.7 Å². The van der Waals surface area contributed by atoms with E-state index in [1.54, 1.807) is 4.90 Å². The Kier molecular flexibility index (Phi) is 5.55. The van der Waals surface area contributed by atoms with Gasteiger partial charge >= 0.3 is 0 Å². The number of rotatable bonds is 3. The summed E-state index contributed by atoms with van der Waals surface area (Å²) in [6.45, 7) is 4.10. The number of nitrogens with zero attached hydrogens (tertiary/aromatic N) is 3. The Morgan fingerprint density at radius 1 is 1.03 bits per heavy atom. The molecule has 3 aliphatic rings. The molecule has 8 nitrogen and oxygen atoms in total. The van der Waals surface area contributed by atoms with Gasteiger partial charge in [0.1, 0.15) is 11.9 Å². The summed E-state index contributed by atoms with van der Waals surface area (Å²) >= 11 is 0. The molecule has 0 radical (unpaired) electrons. The van der Waals surface area contributed by atoms with Crippen LogP contribution in [-0.2, 0) is 16.1 Å². The summed E-state index contributed by atoms with van der Waals surface area (Å²) in [6, 6.07) is 9.33. The predicted molar refractivity (Wildman–Crippen MR) is 122 cm³/mol. The molecule has 4 amide bonds. The van der Waals surface area contributed by atoms with E-state index in [-0.39, 0.29) is 36.8 Å². The zero-order chi connectivity index (χ0) is 24.0. The lowest BCUT2D eigenvalue weighted by Crippen LogP contribution is -2.52. The Hall–Kier alpha value is -3.75. The Morgan fingerprint density at radius 3 is 2.41 bits per heavy atom. The van der Waals surface area contributed by atoms with Gasteiger partial charge in [-0.3, -0.25) is 24.5 Å². The molecular weight excluding hydrogens is 439 g/mol. The van der Waals surface area contributed by atoms with Crippen LogP contribution in [0, 0.1) is 12.7 Å². The minimum Gasteiger partial charge on any atom is -0.368 e. The third-order valence-electron chi connectivity index (χ3n) is 6.80. The molecule has 176 valence electrons. The second-order valence-electron chi connectivity index (χ2n) is 9.00. The molecule has 9 heteroatoms. The number of benzene rings is 2. The number of carbonyl (C=O) groups is 4. The molecular formula is C25H25FN4O4. The first-order valence-corrected chi connectivity index (χ1v) is 11.4. The summed E-state index contributed by atoms with van der Waals surface area (Å²) in [5.74, 6) is -1.81. The van der Waals surface area contributed by atoms with Crippen LogP contribution in [0.15, 0.2) is 36.4 Å². The van der Waals surface area contributed by atoms with Crippen LogP contribution in [0.1, 0.15) is 44.7 Å². The lowest BCUT2D eigenvalue weighted by Gasteiger charge is -2.37. The van der Waals surface area contributed by atoms with Crippen molar-refractivity contribution in [3.63, 3.8) is 0 Å². The molecule has 1 atom stereocenters. The largest absolute Gasteiger partial charge is 0.368 e. The molecule has 34 heavy (non-hydrogen) atoms. The number of piperazine rings is 1. The van der Waals surface area contributed by atoms with E-state index in [1.807, 2.05) is 36.1 Å². The first-order valence-electron chi connectivity index (χ1n) is 11.4. The van der Waals surface area contributed by atoms with Crippen molar-refractivity contribution in [2.24, 2.45) is 0 Å². The Morgan fingerprint density at radius 2 is 1.74 bits per heavy atom. The predicted octanol–water partition coefficient (Wildman–Crippen LogP) is 1.86. The number of hydrogen-bond donors (Lipinski definition) is 1. The highest BCUT2D eigenvalue weighted by Gasteiger charge is 2.41. The van der Waals surface area contributed by atoms with Crippen molar-refractivity contribution < 1.29 is 23.6 Å². The number of anilines is 1. The highest BCUT2D eigenvalue weighted by Crippen LogP contribution is 2.35. The number of carbonyl (C=O) groups excluding carboxylic acids is 4. The molecule has 2 aromatic carbocycles. The third kappa shape index (κ3) is 3.91. The van der Waals surface area contributed by atoms with Crippen molar-refractivity contribution in [3.8, 4) is 0 Å². The molecule has 2 fully saturated rings. The van der Waals surface area contributed by atoms with Gasteiger partial charge < -0.3 is 14.7 Å². The van der Waals surface area contributed by atoms with Crippen LogP contribution >= 0.6 is 0 Å². The van der Waals surface area contributed by atoms with Gasteiger partial charge in [-0.1, -0.05) is 17.7 Å². The quantitative estimate of drug-likeness (QED) is 0.701. The summed E-state index contributed by atoms with van der Waals surface area (Å²) in [6.07, 6.45) is 0.413. The topological polar surface area (TPSA) is 90.0 Å². The van der Waals surface area contributed by atoms with Gasteiger partial charge in [-0.15, -0.1) is 0 Å². The van der Waals surface area contributed by atoms with Gasteiger partial charge in [0, 0.05) is 61.5 Å². The van der Waals surface area contributed by atoms with E-state index in [2.05, 4.69) is 5.32 Å². The molecule has 0 spiro atoms. The molecule has 0 bridgehead atoms. The van der Waals surface area contributed by atoms with Crippen LogP contribution in [0.5, 0.6) is 0 Å². The van der Waals surface area contributed by atoms with Crippen molar-refractivity contribution in [2.75, 3.05) is 31.1 Å². The maximum absolute atomic E-state index is 14.5. The van der Waals surface area contributed by atoms with E-state index in [9.17, 15) is 23.6 Å². The van der Waals surface area contributed by atoms with Gasteiger partial charge in [-0.2, -0.15) is 0 Å². The molecule has 1 unspecified atom stereocenters. The summed E-state index contributed by atoms with van der Waals surface area (Å²) in [4.78, 5) is 54.9. The van der Waals surface area contributed by atoms with Crippen molar-refractivity contribution in [2.45, 2.75) is 32.4 Å². The average Bonchev–Trinajstić information content (AvgIpc) is 3.15. The van der Waals surface area contributed by atoms with Gasteiger partial charge in [-0.25, -0.2) is 4.39 Å². The van der Waals surface area contributed by atoms with Crippen LogP contribution in [0.2, 0.25) is 0 Å². The second kappa shape index (κ2) is 8.55. The van der Waals surface area contributed by atoms with E-state index in [0.29, 0.717) is 43.0 Å². The SMILES string of the molecule is Cc1ccc(C(=O)N2CCN(c3cc(F)cc4c3CN(C3CCC(=O)NC3=O)C4=O)CC2)cc1. The fourth-order valence-electron chi connectivity index (χ4n) is 4.92. The molecule has 2 saturated heterocycles. The third-order valence-corrected chi connectivity index (χ3v) is 6.80. The number of halogens is 1. The monoisotopic (exact) mass is 464 g/mol. The molecule has 3 heterocycles. The standard InChI is InChI=1S/C25H25FN4O4/c1-15-2-4-16(5-3-15)24(33)29-10-8-28(9-11-29)21-13-17(26)12-18-19(21)14-30(25(18)34)20-6-7-22(31)27-23(20)32/h2-5,12-13,20H,6-11,14H2,1H3,(H,27,31,32). The summed E-state index contributed by atoms with van der Waals surface area (Å²) in [5.41, 5.74) is 3.26. The molecule has 2 aromatic rings. The van der Waals surface area contributed by atoms with Crippen molar-refractivity contribution in [1.82, 2.24) is 15.1 Å². The molecule has 5 rings (SSSR count). The van der Waals surface area contributed by atoms with Gasteiger partial charge in [0.25, 0.3) is 11.8 Å². The molecule has 3 aliphatic heterocycles. The van der Waals surface area contributed by atoms with Gasteiger partial charge in [0.2, 0.25) is 11.8 Å². The van der Waals surface area contributed by atoms with Gasteiger partial charge in [-0.05, 0) is 37.6 Å². The second-order valence-corrected chi connectivity index (χ2v) is 9.00. The van der Waals surface area contributed by atoms with E-state index in [1.165, 1.54) is 17.0 Å². The van der Waals surface area contributed by atoms with Crippen molar-refractivity contribution >= 4 is 29.3 Å². The Balaban J connectivity index is 1.33. The van der Waals surface area contributed by atoms with Crippen LogP contribution in [0.3, 0.4) is 0 Å². The van der Waals surface area contributed by atoms with Gasteiger partial charge in [0.15, 0.2) is 0 Å². The molecule has 1 N–H and O–H groups in total. The maximum atomic E-state index is 14.5. The van der Waals surface area contributed by atoms with Crippen LogP contribution in [-0.4, -0.2) is 65.6 Å². The summed E-state index contributed by atoms with van der Waals surface area (Å²) < 4.78 is 14.5. The molecule has 0 saturated carbocycles. The van der Waals surface area contributed by atoms with Crippen LogP contribution in [0.4, 0.5) is 10.1 Å². The highest BCUT2D eigenvalue weighted by atomic mass is 19.1. The number of aryl methyl sites for hydroxylation is 1. The van der Waals surface area contributed by atoms with E-state index in [4.69, 9.17) is 0 Å². The van der Waals surface area contributed by atoms with Crippen molar-refractivity contribution in [1.29, 1.82) is 0 Å². The minimum absolute atomic E-state index is 0.0386. The zero-order valence-electron chi connectivity index (χ0n) is 18.8. The van der Waals surface area contributed by atoms with E-state index >= 15 is 0 Å². The lowest BCUT2D eigenvalue weighted by molar-refractivity contribution is -0.136. The summed E-state index contributed by atoms with van der Waals surface area (Å²) in [5, 5.41) is 2.28. The average molecular weight is 464 g/mol. The smallest absolute Gasteiger partial charge is 0.255 e. The van der Waals surface area contributed by atoms with Crippen LogP contribution in [0.25, 0.3) is 0 Å². The molecule has 0 aliphatic carbocycles. The van der Waals surface area contributed by atoms with Crippen LogP contribution < -0.4 is 10.2 Å². The number of amides is 4. The lowest BCUT2D eigenvalue weighted by atomic mass is 10.0. The number of nitrogens with one attached hydrogen (secondary N) is 1. The maximum Gasteiger partial charge on any atom is 0.255 e. The number of piperidine rings is 1.